The second kappa shape index (κ2) is 7.61. The lowest BCUT2D eigenvalue weighted by Crippen LogP contribution is -2.14. The highest BCUT2D eigenvalue weighted by Crippen LogP contribution is 2.12. The number of aryl methyl sites for hydroxylation is 1. The van der Waals surface area contributed by atoms with Gasteiger partial charge in [-0.25, -0.2) is 8.42 Å². The smallest absolute Gasteiger partial charge is 0.237 e. The third-order valence-corrected chi connectivity index (χ3v) is 4.29. The largest absolute Gasteiger partial charge is 0.280 e. The van der Waals surface area contributed by atoms with Crippen LogP contribution in [-0.4, -0.2) is 18.2 Å². The van der Waals surface area contributed by atoms with Gasteiger partial charge in [0.1, 0.15) is 0 Å². The van der Waals surface area contributed by atoms with E-state index in [1.54, 1.807) is 23.0 Å². The van der Waals surface area contributed by atoms with E-state index in [0.29, 0.717) is 18.7 Å². The molecule has 0 aliphatic rings. The van der Waals surface area contributed by atoms with Crippen molar-refractivity contribution in [1.29, 1.82) is 5.26 Å². The molecule has 6 nitrogen and oxygen atoms in total. The second-order valence-corrected chi connectivity index (χ2v) is 6.68. The van der Waals surface area contributed by atoms with Gasteiger partial charge in [-0.15, -0.1) is 0 Å². The lowest BCUT2D eigenvalue weighted by Gasteiger charge is -2.05. The summed E-state index contributed by atoms with van der Waals surface area (Å²) in [6.07, 6.45) is 5.33. The Morgan fingerprint density at radius 3 is 2.73 bits per heavy atom. The number of nitrogens with one attached hydrogen (secondary N) is 1. The minimum absolute atomic E-state index is 0.0683. The van der Waals surface area contributed by atoms with Crippen LogP contribution in [0.25, 0.3) is 0 Å². The zero-order valence-electron chi connectivity index (χ0n) is 12.1. The van der Waals surface area contributed by atoms with Crippen molar-refractivity contribution in [2.45, 2.75) is 31.6 Å². The molecule has 1 aromatic carbocycles. The van der Waals surface area contributed by atoms with Crippen molar-refractivity contribution in [2.24, 2.45) is 0 Å². The summed E-state index contributed by atoms with van der Waals surface area (Å²) >= 11 is 0. The predicted molar refractivity (Wildman–Crippen MR) is 84.4 cm³/mol. The number of hydrogen-bond donors (Lipinski definition) is 1. The number of sulfonamides is 1. The van der Waals surface area contributed by atoms with E-state index in [9.17, 15) is 8.42 Å². The molecular weight excluding hydrogens is 300 g/mol. The van der Waals surface area contributed by atoms with Crippen LogP contribution < -0.4 is 4.72 Å². The molecule has 0 amide bonds. The molecule has 1 aromatic heterocycles. The first kappa shape index (κ1) is 16.0. The fraction of sp³-hybridized carbons (Fsp3) is 0.333. The molecule has 1 N–H and O–H groups in total. The Bertz CT molecular complexity index is 732. The van der Waals surface area contributed by atoms with E-state index in [0.717, 1.165) is 18.4 Å². The van der Waals surface area contributed by atoms with Crippen LogP contribution in [0.1, 0.15) is 24.8 Å². The highest BCUT2D eigenvalue weighted by Gasteiger charge is 2.12. The third-order valence-electron chi connectivity index (χ3n) is 3.03. The van der Waals surface area contributed by atoms with E-state index in [2.05, 4.69) is 15.9 Å². The van der Waals surface area contributed by atoms with Gasteiger partial charge < -0.3 is 0 Å². The average Bonchev–Trinajstić information content (AvgIpc) is 2.91. The summed E-state index contributed by atoms with van der Waals surface area (Å²) in [7, 11) is -3.45. The van der Waals surface area contributed by atoms with Gasteiger partial charge >= 0.3 is 0 Å². The van der Waals surface area contributed by atoms with E-state index in [-0.39, 0.29) is 5.75 Å². The normalized spacial score (nSPS) is 11.0. The van der Waals surface area contributed by atoms with E-state index in [1.807, 2.05) is 18.2 Å². The Kier molecular flexibility index (Phi) is 5.55. The van der Waals surface area contributed by atoms with Crippen LogP contribution in [0.5, 0.6) is 0 Å². The van der Waals surface area contributed by atoms with Crippen molar-refractivity contribution >= 4 is 15.7 Å². The zero-order chi connectivity index (χ0) is 15.8. The summed E-state index contributed by atoms with van der Waals surface area (Å²) in [4.78, 5) is 0. The minimum atomic E-state index is -3.45. The average molecular weight is 318 g/mol. The molecular formula is C15H18N4O2S. The molecule has 2 rings (SSSR count). The van der Waals surface area contributed by atoms with Crippen molar-refractivity contribution in [3.8, 4) is 6.07 Å². The Balaban J connectivity index is 1.90. The Hall–Kier alpha value is -2.33. The van der Waals surface area contributed by atoms with Crippen LogP contribution in [0.4, 0.5) is 5.69 Å². The van der Waals surface area contributed by atoms with Crippen LogP contribution in [0, 0.1) is 11.3 Å². The number of nitriles is 1. The highest BCUT2D eigenvalue weighted by atomic mass is 32.2. The molecule has 0 bridgehead atoms. The second-order valence-electron chi connectivity index (χ2n) is 4.95. The van der Waals surface area contributed by atoms with Gasteiger partial charge in [-0.1, -0.05) is 30.3 Å². The molecule has 22 heavy (non-hydrogen) atoms. The van der Waals surface area contributed by atoms with Gasteiger partial charge in [0.2, 0.25) is 10.0 Å². The predicted octanol–water partition coefficient (Wildman–Crippen LogP) is 2.52. The number of hydrogen-bond acceptors (Lipinski definition) is 4. The van der Waals surface area contributed by atoms with Crippen molar-refractivity contribution in [2.75, 3.05) is 4.72 Å². The SMILES string of the molecule is N#CCCCCn1cc(NS(=O)(=O)Cc2ccccc2)cn1. The van der Waals surface area contributed by atoms with Gasteiger partial charge in [-0.2, -0.15) is 10.4 Å². The number of benzene rings is 1. The minimum Gasteiger partial charge on any atom is -0.280 e. The monoisotopic (exact) mass is 318 g/mol. The summed E-state index contributed by atoms with van der Waals surface area (Å²) in [6, 6.07) is 11.1. The summed E-state index contributed by atoms with van der Waals surface area (Å²) < 4.78 is 28.4. The van der Waals surface area contributed by atoms with E-state index >= 15 is 0 Å². The molecule has 0 unspecified atom stereocenters. The van der Waals surface area contributed by atoms with Gasteiger partial charge in [0.25, 0.3) is 0 Å². The Labute approximate surface area is 130 Å². The molecule has 116 valence electrons. The van der Waals surface area contributed by atoms with Crippen LogP contribution >= 0.6 is 0 Å². The first-order valence-electron chi connectivity index (χ1n) is 7.03. The molecule has 0 saturated carbocycles. The Morgan fingerprint density at radius 2 is 2.00 bits per heavy atom. The van der Waals surface area contributed by atoms with Gasteiger partial charge in [-0.3, -0.25) is 9.40 Å². The first-order chi connectivity index (χ1) is 10.6. The Morgan fingerprint density at radius 1 is 1.23 bits per heavy atom. The maximum absolute atomic E-state index is 12.1. The molecule has 0 aliphatic heterocycles. The molecule has 0 aliphatic carbocycles. The number of rotatable bonds is 8. The summed E-state index contributed by atoms with van der Waals surface area (Å²) in [5.41, 5.74) is 1.19. The molecule has 0 fully saturated rings. The quantitative estimate of drug-likeness (QED) is 0.758. The van der Waals surface area contributed by atoms with Crippen molar-refractivity contribution in [1.82, 2.24) is 9.78 Å². The molecule has 2 aromatic rings. The number of aromatic nitrogens is 2. The van der Waals surface area contributed by atoms with Gasteiger partial charge in [0.15, 0.2) is 0 Å². The maximum Gasteiger partial charge on any atom is 0.237 e. The van der Waals surface area contributed by atoms with Crippen molar-refractivity contribution in [3.63, 3.8) is 0 Å². The number of unbranched alkanes of at least 4 members (excludes halogenated alkanes) is 2. The van der Waals surface area contributed by atoms with E-state index in [1.165, 1.54) is 6.20 Å². The lowest BCUT2D eigenvalue weighted by molar-refractivity contribution is 0.562. The maximum atomic E-state index is 12.1. The fourth-order valence-corrected chi connectivity index (χ4v) is 3.19. The van der Waals surface area contributed by atoms with Crippen molar-refractivity contribution < 1.29 is 8.42 Å². The fourth-order valence-electron chi connectivity index (χ4n) is 2.03. The summed E-state index contributed by atoms with van der Waals surface area (Å²) in [6.45, 7) is 0.669. The van der Waals surface area contributed by atoms with Crippen LogP contribution in [0.15, 0.2) is 42.7 Å². The number of nitrogens with zero attached hydrogens (tertiary/aromatic N) is 3. The lowest BCUT2D eigenvalue weighted by atomic mass is 10.2. The van der Waals surface area contributed by atoms with Crippen LogP contribution in [-0.2, 0) is 22.3 Å². The molecule has 0 spiro atoms. The molecule has 1 heterocycles. The highest BCUT2D eigenvalue weighted by molar-refractivity contribution is 7.91. The number of anilines is 1. The van der Waals surface area contributed by atoms with Gasteiger partial charge in [0, 0.05) is 19.2 Å². The van der Waals surface area contributed by atoms with Crippen LogP contribution in [0.3, 0.4) is 0 Å². The molecule has 0 atom stereocenters. The van der Waals surface area contributed by atoms with E-state index < -0.39 is 10.0 Å². The van der Waals surface area contributed by atoms with Crippen molar-refractivity contribution in [3.05, 3.63) is 48.3 Å². The van der Waals surface area contributed by atoms with Gasteiger partial charge in [-0.05, 0) is 18.4 Å². The summed E-state index contributed by atoms with van der Waals surface area (Å²) in [5.74, 6) is -0.0683. The topological polar surface area (TPSA) is 87.8 Å². The molecule has 7 heteroatoms. The molecule has 0 saturated heterocycles. The summed E-state index contributed by atoms with van der Waals surface area (Å²) in [5, 5.41) is 12.6. The van der Waals surface area contributed by atoms with Crippen LogP contribution in [0.2, 0.25) is 0 Å². The van der Waals surface area contributed by atoms with Gasteiger partial charge in [0.05, 0.1) is 23.7 Å². The standard InChI is InChI=1S/C15H18N4O2S/c16-9-5-2-6-10-19-12-15(11-17-19)18-22(20,21)13-14-7-3-1-4-8-14/h1,3-4,7-8,11-12,18H,2,5-6,10,13H2. The first-order valence-corrected chi connectivity index (χ1v) is 8.68. The molecule has 0 radical (unpaired) electrons. The zero-order valence-corrected chi connectivity index (χ0v) is 13.0. The van der Waals surface area contributed by atoms with E-state index in [4.69, 9.17) is 5.26 Å². The third kappa shape index (κ3) is 5.22.